The summed E-state index contributed by atoms with van der Waals surface area (Å²) in [5.74, 6) is 0.0890. The summed E-state index contributed by atoms with van der Waals surface area (Å²) in [6.45, 7) is 1.90. The quantitative estimate of drug-likeness (QED) is 0.734. The van der Waals surface area contributed by atoms with E-state index in [1.807, 2.05) is 19.1 Å². The first-order valence-corrected chi connectivity index (χ1v) is 5.88. The molecule has 0 amide bonds. The van der Waals surface area contributed by atoms with Crippen molar-refractivity contribution in [2.24, 2.45) is 5.92 Å². The van der Waals surface area contributed by atoms with Crippen LogP contribution in [0.4, 0.5) is 0 Å². The van der Waals surface area contributed by atoms with Gasteiger partial charge in [-0.1, -0.05) is 12.8 Å². The predicted octanol–water partition coefficient (Wildman–Crippen LogP) is 2.88. The Labute approximate surface area is 95.8 Å². The number of carbonyl (C=O) groups excluding carboxylic acids is 1. The molecule has 0 radical (unpaired) electrons. The molecule has 1 atom stereocenters. The number of aromatic nitrogens is 1. The first-order valence-electron chi connectivity index (χ1n) is 5.88. The van der Waals surface area contributed by atoms with Crippen molar-refractivity contribution in [1.29, 1.82) is 0 Å². The van der Waals surface area contributed by atoms with Crippen molar-refractivity contribution in [3.8, 4) is 0 Å². The third-order valence-electron chi connectivity index (χ3n) is 3.16. The molecule has 3 nitrogen and oxygen atoms in total. The molecule has 0 aliphatic heterocycles. The van der Waals surface area contributed by atoms with Gasteiger partial charge in [-0.15, -0.1) is 0 Å². The molecule has 1 aliphatic carbocycles. The van der Waals surface area contributed by atoms with Crippen LogP contribution >= 0.6 is 0 Å². The van der Waals surface area contributed by atoms with Gasteiger partial charge in [-0.25, -0.2) is 0 Å². The molecule has 86 valence electrons. The average Bonchev–Trinajstić information content (AvgIpc) is 2.83. The second-order valence-corrected chi connectivity index (χ2v) is 4.34. The fraction of sp³-hybridized carbons (Fsp3) is 0.538. The Morgan fingerprint density at radius 2 is 2.00 bits per heavy atom. The third-order valence-corrected chi connectivity index (χ3v) is 3.16. The highest BCUT2D eigenvalue weighted by Crippen LogP contribution is 2.28. The topological polar surface area (TPSA) is 39.2 Å². The van der Waals surface area contributed by atoms with E-state index in [1.165, 1.54) is 0 Å². The minimum atomic E-state index is -0.170. The molecule has 0 saturated heterocycles. The van der Waals surface area contributed by atoms with Gasteiger partial charge in [0.2, 0.25) is 0 Å². The van der Waals surface area contributed by atoms with Crippen molar-refractivity contribution in [3.05, 3.63) is 30.1 Å². The molecule has 0 bridgehead atoms. The number of ether oxygens (including phenoxy) is 1. The predicted molar refractivity (Wildman–Crippen MR) is 60.7 cm³/mol. The lowest BCUT2D eigenvalue weighted by Crippen LogP contribution is -2.16. The molecule has 1 saturated carbocycles. The lowest BCUT2D eigenvalue weighted by Gasteiger charge is -2.16. The lowest BCUT2D eigenvalue weighted by atomic mass is 10.1. The molecule has 16 heavy (non-hydrogen) atoms. The van der Waals surface area contributed by atoms with Gasteiger partial charge >= 0.3 is 5.97 Å². The minimum absolute atomic E-state index is 0.0400. The van der Waals surface area contributed by atoms with E-state index in [0.29, 0.717) is 0 Å². The summed E-state index contributed by atoms with van der Waals surface area (Å²) in [5.41, 5.74) is 1.00. The van der Waals surface area contributed by atoms with Crippen LogP contribution in [0.3, 0.4) is 0 Å². The Morgan fingerprint density at radius 1 is 1.38 bits per heavy atom. The number of esters is 1. The van der Waals surface area contributed by atoms with Crippen LogP contribution < -0.4 is 0 Å². The maximum Gasteiger partial charge on any atom is 0.309 e. The highest BCUT2D eigenvalue weighted by atomic mass is 16.5. The van der Waals surface area contributed by atoms with Gasteiger partial charge in [0.15, 0.2) is 0 Å². The van der Waals surface area contributed by atoms with Crippen molar-refractivity contribution >= 4 is 5.97 Å². The molecule has 1 aliphatic rings. The largest absolute Gasteiger partial charge is 0.458 e. The zero-order valence-electron chi connectivity index (χ0n) is 9.56. The van der Waals surface area contributed by atoms with E-state index >= 15 is 0 Å². The maximum atomic E-state index is 11.8. The van der Waals surface area contributed by atoms with Crippen molar-refractivity contribution in [2.45, 2.75) is 38.7 Å². The Hall–Kier alpha value is -1.38. The number of hydrogen-bond acceptors (Lipinski definition) is 3. The molecule has 1 heterocycles. The van der Waals surface area contributed by atoms with Crippen LogP contribution in [0.1, 0.15) is 44.3 Å². The molecule has 0 aromatic carbocycles. The maximum absolute atomic E-state index is 11.8. The Bertz CT molecular complexity index is 344. The number of rotatable bonds is 3. The number of hydrogen-bond donors (Lipinski definition) is 0. The van der Waals surface area contributed by atoms with Gasteiger partial charge in [-0.05, 0) is 37.5 Å². The normalized spacial score (nSPS) is 18.3. The first-order chi connectivity index (χ1) is 7.77. The van der Waals surface area contributed by atoms with E-state index in [0.717, 1.165) is 31.2 Å². The fourth-order valence-corrected chi connectivity index (χ4v) is 2.13. The zero-order chi connectivity index (χ0) is 11.4. The molecule has 1 unspecified atom stereocenters. The average molecular weight is 219 g/mol. The summed E-state index contributed by atoms with van der Waals surface area (Å²) in [6, 6.07) is 3.76. The smallest absolute Gasteiger partial charge is 0.309 e. The van der Waals surface area contributed by atoms with Gasteiger partial charge in [-0.3, -0.25) is 9.78 Å². The second-order valence-electron chi connectivity index (χ2n) is 4.34. The Morgan fingerprint density at radius 3 is 2.62 bits per heavy atom. The van der Waals surface area contributed by atoms with Crippen LogP contribution in [-0.2, 0) is 9.53 Å². The van der Waals surface area contributed by atoms with Gasteiger partial charge < -0.3 is 4.74 Å². The van der Waals surface area contributed by atoms with E-state index in [2.05, 4.69) is 4.98 Å². The molecule has 2 rings (SSSR count). The number of carbonyl (C=O) groups is 1. The summed E-state index contributed by atoms with van der Waals surface area (Å²) in [5, 5.41) is 0. The number of nitrogens with zero attached hydrogens (tertiary/aromatic N) is 1. The number of pyridine rings is 1. The van der Waals surface area contributed by atoms with Crippen LogP contribution in [0.15, 0.2) is 24.5 Å². The van der Waals surface area contributed by atoms with E-state index in [9.17, 15) is 4.79 Å². The first kappa shape index (κ1) is 11.1. The Balaban J connectivity index is 1.92. The lowest BCUT2D eigenvalue weighted by molar-refractivity contribution is -0.153. The zero-order valence-corrected chi connectivity index (χ0v) is 9.56. The fourth-order valence-electron chi connectivity index (χ4n) is 2.13. The van der Waals surface area contributed by atoms with Crippen LogP contribution in [0.5, 0.6) is 0 Å². The molecule has 1 aromatic rings. The van der Waals surface area contributed by atoms with Crippen LogP contribution in [0.25, 0.3) is 0 Å². The van der Waals surface area contributed by atoms with Crippen LogP contribution in [0.2, 0.25) is 0 Å². The van der Waals surface area contributed by atoms with Crippen molar-refractivity contribution in [1.82, 2.24) is 4.98 Å². The molecular weight excluding hydrogens is 202 g/mol. The molecule has 1 aromatic heterocycles. The second kappa shape index (κ2) is 5.10. The van der Waals surface area contributed by atoms with Crippen molar-refractivity contribution in [3.63, 3.8) is 0 Å². The van der Waals surface area contributed by atoms with E-state index in [4.69, 9.17) is 4.74 Å². The van der Waals surface area contributed by atoms with Crippen LogP contribution in [-0.4, -0.2) is 11.0 Å². The van der Waals surface area contributed by atoms with Gasteiger partial charge in [0.05, 0.1) is 5.92 Å². The molecular formula is C13H17NO2. The van der Waals surface area contributed by atoms with E-state index in [1.54, 1.807) is 12.4 Å². The highest BCUT2D eigenvalue weighted by molar-refractivity contribution is 5.73. The Kier molecular flexibility index (Phi) is 3.54. The van der Waals surface area contributed by atoms with Gasteiger partial charge in [0.25, 0.3) is 0 Å². The van der Waals surface area contributed by atoms with Crippen molar-refractivity contribution in [2.75, 3.05) is 0 Å². The molecule has 0 spiro atoms. The molecule has 3 heteroatoms. The third kappa shape index (κ3) is 2.60. The molecule has 0 N–H and O–H groups in total. The van der Waals surface area contributed by atoms with Gasteiger partial charge in [0, 0.05) is 12.4 Å². The van der Waals surface area contributed by atoms with Gasteiger partial charge in [0.1, 0.15) is 6.10 Å². The summed E-state index contributed by atoms with van der Waals surface area (Å²) in [6.07, 6.45) is 7.55. The minimum Gasteiger partial charge on any atom is -0.458 e. The standard InChI is InChI=1S/C13H17NO2/c1-10(11-6-8-14-9-7-11)16-13(15)12-4-2-3-5-12/h6-10,12H,2-5H2,1H3. The summed E-state index contributed by atoms with van der Waals surface area (Å²) < 4.78 is 5.45. The summed E-state index contributed by atoms with van der Waals surface area (Å²) in [4.78, 5) is 15.7. The SMILES string of the molecule is CC(OC(=O)C1CCCC1)c1ccncc1. The summed E-state index contributed by atoms with van der Waals surface area (Å²) in [7, 11) is 0. The molecule has 1 fully saturated rings. The summed E-state index contributed by atoms with van der Waals surface area (Å²) >= 11 is 0. The van der Waals surface area contributed by atoms with Crippen LogP contribution in [0, 0.1) is 5.92 Å². The van der Waals surface area contributed by atoms with E-state index < -0.39 is 0 Å². The monoisotopic (exact) mass is 219 g/mol. The van der Waals surface area contributed by atoms with Crippen molar-refractivity contribution < 1.29 is 9.53 Å². The van der Waals surface area contributed by atoms with E-state index in [-0.39, 0.29) is 18.0 Å². The van der Waals surface area contributed by atoms with Gasteiger partial charge in [-0.2, -0.15) is 0 Å². The highest BCUT2D eigenvalue weighted by Gasteiger charge is 2.25.